The molecule has 0 atom stereocenters. The maximum Gasteiger partial charge on any atom is 0.227 e. The largest absolute Gasteiger partial charge is 0.323 e. The third-order valence-electron chi connectivity index (χ3n) is 2.94. The van der Waals surface area contributed by atoms with Crippen LogP contribution in [0.15, 0.2) is 12.3 Å². The molecule has 1 aliphatic rings. The van der Waals surface area contributed by atoms with Crippen LogP contribution in [0.25, 0.3) is 0 Å². The van der Waals surface area contributed by atoms with Crippen LogP contribution in [0.2, 0.25) is 5.15 Å². The van der Waals surface area contributed by atoms with Crippen molar-refractivity contribution in [2.75, 3.05) is 18.4 Å². The van der Waals surface area contributed by atoms with Crippen molar-refractivity contribution in [3.05, 3.63) is 23.0 Å². The number of carbonyl (C=O) groups is 1. The average Bonchev–Trinajstić information content (AvgIpc) is 2.35. The quantitative estimate of drug-likeness (QED) is 0.793. The summed E-state index contributed by atoms with van der Waals surface area (Å²) in [4.78, 5) is 16.0. The van der Waals surface area contributed by atoms with E-state index in [-0.39, 0.29) is 11.8 Å². The van der Waals surface area contributed by atoms with Crippen LogP contribution in [0.1, 0.15) is 18.4 Å². The van der Waals surface area contributed by atoms with E-state index in [1.807, 2.05) is 13.0 Å². The number of amides is 1. The Morgan fingerprint density at radius 1 is 1.53 bits per heavy atom. The van der Waals surface area contributed by atoms with Crippen LogP contribution in [0.4, 0.5) is 5.69 Å². The lowest BCUT2D eigenvalue weighted by Crippen LogP contribution is -2.34. The highest BCUT2D eigenvalue weighted by atomic mass is 35.5. The molecule has 1 aliphatic heterocycles. The van der Waals surface area contributed by atoms with Crippen molar-refractivity contribution in [1.29, 1.82) is 0 Å². The Hall–Kier alpha value is -1.13. The Kier molecular flexibility index (Phi) is 3.97. The summed E-state index contributed by atoms with van der Waals surface area (Å²) in [6.45, 7) is 3.72. The summed E-state index contributed by atoms with van der Waals surface area (Å²) in [5.74, 6) is 0.119. The summed E-state index contributed by atoms with van der Waals surface area (Å²) in [6.07, 6.45) is 3.44. The van der Waals surface area contributed by atoms with E-state index >= 15 is 0 Å². The van der Waals surface area contributed by atoms with Crippen molar-refractivity contribution in [2.45, 2.75) is 19.8 Å². The van der Waals surface area contributed by atoms with E-state index in [2.05, 4.69) is 15.6 Å². The number of nitrogens with one attached hydrogen (secondary N) is 2. The SMILES string of the molecule is Cc1cnc(Cl)c(NC(=O)C2CCNCC2)c1. The summed E-state index contributed by atoms with van der Waals surface area (Å²) in [5.41, 5.74) is 1.59. The van der Waals surface area contributed by atoms with E-state index in [0.717, 1.165) is 31.5 Å². The van der Waals surface area contributed by atoms with Crippen LogP contribution < -0.4 is 10.6 Å². The van der Waals surface area contributed by atoms with Gasteiger partial charge in [-0.05, 0) is 44.5 Å². The van der Waals surface area contributed by atoms with E-state index in [0.29, 0.717) is 10.8 Å². The molecular formula is C12H16ClN3O. The van der Waals surface area contributed by atoms with Gasteiger partial charge < -0.3 is 10.6 Å². The van der Waals surface area contributed by atoms with Gasteiger partial charge in [0.1, 0.15) is 0 Å². The molecule has 2 N–H and O–H groups in total. The summed E-state index contributed by atoms with van der Waals surface area (Å²) >= 11 is 5.94. The molecule has 0 unspecified atom stereocenters. The number of rotatable bonds is 2. The van der Waals surface area contributed by atoms with E-state index in [9.17, 15) is 4.79 Å². The zero-order valence-corrected chi connectivity index (χ0v) is 10.5. The fraction of sp³-hybridized carbons (Fsp3) is 0.500. The molecule has 1 fully saturated rings. The highest BCUT2D eigenvalue weighted by molar-refractivity contribution is 6.32. The van der Waals surface area contributed by atoms with Gasteiger partial charge in [0.2, 0.25) is 5.91 Å². The molecule has 5 heteroatoms. The number of anilines is 1. The van der Waals surface area contributed by atoms with Crippen molar-refractivity contribution in [3.63, 3.8) is 0 Å². The third-order valence-corrected chi connectivity index (χ3v) is 3.24. The first-order valence-corrected chi connectivity index (χ1v) is 6.18. The van der Waals surface area contributed by atoms with Gasteiger partial charge in [0, 0.05) is 12.1 Å². The lowest BCUT2D eigenvalue weighted by atomic mass is 9.97. The molecule has 92 valence electrons. The van der Waals surface area contributed by atoms with Gasteiger partial charge in [-0.3, -0.25) is 4.79 Å². The molecule has 1 saturated heterocycles. The average molecular weight is 254 g/mol. The first-order valence-electron chi connectivity index (χ1n) is 5.80. The van der Waals surface area contributed by atoms with Crippen LogP contribution in [-0.2, 0) is 4.79 Å². The number of hydrogen-bond donors (Lipinski definition) is 2. The van der Waals surface area contributed by atoms with Gasteiger partial charge in [0.25, 0.3) is 0 Å². The number of carbonyl (C=O) groups excluding carboxylic acids is 1. The molecule has 1 aromatic heterocycles. The number of pyridine rings is 1. The van der Waals surface area contributed by atoms with Crippen molar-refractivity contribution in [3.8, 4) is 0 Å². The van der Waals surface area contributed by atoms with Gasteiger partial charge in [-0.2, -0.15) is 0 Å². The molecule has 0 aliphatic carbocycles. The number of halogens is 1. The second-order valence-corrected chi connectivity index (χ2v) is 4.72. The van der Waals surface area contributed by atoms with Crippen LogP contribution in [0, 0.1) is 12.8 Å². The molecule has 17 heavy (non-hydrogen) atoms. The first kappa shape index (κ1) is 12.3. The minimum atomic E-state index is 0.0424. The van der Waals surface area contributed by atoms with E-state index in [1.54, 1.807) is 6.20 Å². The Balaban J connectivity index is 2.04. The van der Waals surface area contributed by atoms with Gasteiger partial charge in [-0.1, -0.05) is 11.6 Å². The summed E-state index contributed by atoms with van der Waals surface area (Å²) in [6, 6.07) is 1.84. The maximum atomic E-state index is 12.0. The van der Waals surface area contributed by atoms with Gasteiger partial charge >= 0.3 is 0 Å². The summed E-state index contributed by atoms with van der Waals surface area (Å²) < 4.78 is 0. The Labute approximate surface area is 106 Å². The lowest BCUT2D eigenvalue weighted by molar-refractivity contribution is -0.120. The molecule has 0 saturated carbocycles. The predicted octanol–water partition coefficient (Wildman–Crippen LogP) is 1.98. The second-order valence-electron chi connectivity index (χ2n) is 4.36. The van der Waals surface area contributed by atoms with Gasteiger partial charge in [-0.25, -0.2) is 4.98 Å². The van der Waals surface area contributed by atoms with Gasteiger partial charge in [-0.15, -0.1) is 0 Å². The molecule has 0 spiro atoms. The van der Waals surface area contributed by atoms with Gasteiger partial charge in [0.15, 0.2) is 5.15 Å². The predicted molar refractivity (Wildman–Crippen MR) is 68.2 cm³/mol. The molecule has 1 aromatic rings. The van der Waals surface area contributed by atoms with Crippen LogP contribution in [0.3, 0.4) is 0 Å². The van der Waals surface area contributed by atoms with Crippen LogP contribution >= 0.6 is 11.6 Å². The Morgan fingerprint density at radius 2 is 2.24 bits per heavy atom. The normalized spacial score (nSPS) is 16.8. The third kappa shape index (κ3) is 3.17. The topological polar surface area (TPSA) is 54.0 Å². The van der Waals surface area contributed by atoms with Crippen LogP contribution in [0.5, 0.6) is 0 Å². The zero-order chi connectivity index (χ0) is 12.3. The highest BCUT2D eigenvalue weighted by Crippen LogP contribution is 2.22. The number of aromatic nitrogens is 1. The maximum absolute atomic E-state index is 12.0. The first-order chi connectivity index (χ1) is 8.16. The standard InChI is InChI=1S/C12H16ClN3O/c1-8-6-10(11(13)15-7-8)16-12(17)9-2-4-14-5-3-9/h6-7,9,14H,2-5H2,1H3,(H,16,17). The van der Waals surface area contributed by atoms with Crippen molar-refractivity contribution < 1.29 is 4.79 Å². The molecular weight excluding hydrogens is 238 g/mol. The molecule has 2 rings (SSSR count). The fourth-order valence-electron chi connectivity index (χ4n) is 1.96. The van der Waals surface area contributed by atoms with Crippen LogP contribution in [-0.4, -0.2) is 24.0 Å². The van der Waals surface area contributed by atoms with Crippen molar-refractivity contribution in [1.82, 2.24) is 10.3 Å². The zero-order valence-electron chi connectivity index (χ0n) is 9.79. The lowest BCUT2D eigenvalue weighted by Gasteiger charge is -2.21. The van der Waals surface area contributed by atoms with Gasteiger partial charge in [0.05, 0.1) is 5.69 Å². The molecule has 2 heterocycles. The summed E-state index contributed by atoms with van der Waals surface area (Å²) in [5, 5.41) is 6.44. The number of hydrogen-bond acceptors (Lipinski definition) is 3. The molecule has 0 aromatic carbocycles. The molecule has 1 amide bonds. The minimum Gasteiger partial charge on any atom is -0.323 e. The smallest absolute Gasteiger partial charge is 0.227 e. The minimum absolute atomic E-state index is 0.0424. The molecule has 0 radical (unpaired) electrons. The molecule has 4 nitrogen and oxygen atoms in total. The number of piperidine rings is 1. The van der Waals surface area contributed by atoms with E-state index < -0.39 is 0 Å². The highest BCUT2D eigenvalue weighted by Gasteiger charge is 2.21. The number of nitrogens with zero attached hydrogens (tertiary/aromatic N) is 1. The monoisotopic (exact) mass is 253 g/mol. The molecule has 0 bridgehead atoms. The van der Waals surface area contributed by atoms with E-state index in [4.69, 9.17) is 11.6 Å². The summed E-state index contributed by atoms with van der Waals surface area (Å²) in [7, 11) is 0. The van der Waals surface area contributed by atoms with Crippen molar-refractivity contribution >= 4 is 23.2 Å². The second kappa shape index (κ2) is 5.47. The number of aryl methyl sites for hydroxylation is 1. The van der Waals surface area contributed by atoms with Crippen molar-refractivity contribution in [2.24, 2.45) is 5.92 Å². The van der Waals surface area contributed by atoms with E-state index in [1.165, 1.54) is 0 Å². The Morgan fingerprint density at radius 3 is 2.94 bits per heavy atom. The Bertz CT molecular complexity index is 416. The fourth-order valence-corrected chi connectivity index (χ4v) is 2.11.